The summed E-state index contributed by atoms with van der Waals surface area (Å²) in [7, 11) is 4.12. The molecule has 0 radical (unpaired) electrons. The first kappa shape index (κ1) is 24.3. The second-order valence-electron chi connectivity index (χ2n) is 11.0. The van der Waals surface area contributed by atoms with Crippen LogP contribution in [0.5, 0.6) is 0 Å². The quantitative estimate of drug-likeness (QED) is 0.562. The highest BCUT2D eigenvalue weighted by Gasteiger charge is 2.25. The fourth-order valence-corrected chi connectivity index (χ4v) is 5.16. The van der Waals surface area contributed by atoms with Crippen molar-refractivity contribution in [3.8, 4) is 0 Å². The molecule has 2 aliphatic carbocycles. The van der Waals surface area contributed by atoms with Crippen molar-refractivity contribution in [3.05, 3.63) is 41.1 Å². The van der Waals surface area contributed by atoms with Crippen molar-refractivity contribution < 1.29 is 4.79 Å². The van der Waals surface area contributed by atoms with E-state index in [4.69, 9.17) is 9.97 Å². The largest absolute Gasteiger partial charge is 0.362 e. The number of hydrogen-bond donors (Lipinski definition) is 3. The Balaban J connectivity index is 1.31. The molecule has 4 rings (SSSR count). The van der Waals surface area contributed by atoms with Gasteiger partial charge < -0.3 is 20.9 Å². The summed E-state index contributed by atoms with van der Waals surface area (Å²) in [5, 5.41) is 9.84. The van der Waals surface area contributed by atoms with E-state index in [1.165, 1.54) is 24.1 Å². The lowest BCUT2D eigenvalue weighted by atomic mass is 9.86. The fourth-order valence-electron chi connectivity index (χ4n) is 5.16. The zero-order chi connectivity index (χ0) is 24.3. The topological polar surface area (TPSA) is 82.2 Å². The highest BCUT2D eigenvalue weighted by molar-refractivity contribution is 5.90. The summed E-state index contributed by atoms with van der Waals surface area (Å²) in [6, 6.07) is 8.43. The van der Waals surface area contributed by atoms with Gasteiger partial charge in [0.15, 0.2) is 0 Å². The lowest BCUT2D eigenvalue weighted by molar-refractivity contribution is 0.243. The summed E-state index contributed by atoms with van der Waals surface area (Å²) < 4.78 is 0. The molecule has 2 amide bonds. The Morgan fingerprint density at radius 1 is 0.971 bits per heavy atom. The second-order valence-corrected chi connectivity index (χ2v) is 11.0. The van der Waals surface area contributed by atoms with Gasteiger partial charge in [-0.3, -0.25) is 0 Å². The van der Waals surface area contributed by atoms with Crippen molar-refractivity contribution in [3.63, 3.8) is 0 Å². The van der Waals surface area contributed by atoms with Crippen LogP contribution >= 0.6 is 0 Å². The van der Waals surface area contributed by atoms with Gasteiger partial charge in [-0.2, -0.15) is 4.98 Å². The molecule has 1 fully saturated rings. The highest BCUT2D eigenvalue weighted by Crippen LogP contribution is 2.31. The number of carbonyl (C=O) groups is 1. The van der Waals surface area contributed by atoms with Crippen LogP contribution in [-0.2, 0) is 18.3 Å². The van der Waals surface area contributed by atoms with Gasteiger partial charge >= 0.3 is 6.03 Å². The van der Waals surface area contributed by atoms with Gasteiger partial charge in [-0.1, -0.05) is 39.0 Å². The third-order valence-electron chi connectivity index (χ3n) is 6.96. The van der Waals surface area contributed by atoms with Crippen LogP contribution in [0, 0.1) is 0 Å². The van der Waals surface area contributed by atoms with Crippen molar-refractivity contribution >= 4 is 23.5 Å². The standard InChI is InChI=1S/C27H40N6O/c1-27(2,3)21-11-7-9-13-23(21)31-26(34)29-19-16-14-18(15-17-19)28-25-30-22-12-8-6-10-20(22)24(32-25)33(4)5/h7,9,11,13,18-19H,6,8,10,12,14-17H2,1-5H3,(H,28,30,32)(H2,29,31,34)/t18-,19+. The van der Waals surface area contributed by atoms with Crippen LogP contribution in [0.4, 0.5) is 22.2 Å². The second kappa shape index (κ2) is 10.2. The van der Waals surface area contributed by atoms with E-state index in [-0.39, 0.29) is 17.5 Å². The number of rotatable bonds is 5. The van der Waals surface area contributed by atoms with E-state index in [9.17, 15) is 4.79 Å². The van der Waals surface area contributed by atoms with Crippen molar-refractivity contribution in [2.45, 2.75) is 89.6 Å². The monoisotopic (exact) mass is 464 g/mol. The van der Waals surface area contributed by atoms with Gasteiger partial charge in [-0.25, -0.2) is 9.78 Å². The van der Waals surface area contributed by atoms with Gasteiger partial charge in [0, 0.05) is 37.4 Å². The number of carbonyl (C=O) groups excluding carboxylic acids is 1. The van der Waals surface area contributed by atoms with Crippen LogP contribution in [0.2, 0.25) is 0 Å². The number of urea groups is 1. The predicted molar refractivity (Wildman–Crippen MR) is 140 cm³/mol. The van der Waals surface area contributed by atoms with E-state index in [1.807, 2.05) is 18.2 Å². The van der Waals surface area contributed by atoms with Gasteiger partial charge in [-0.05, 0) is 68.4 Å². The van der Waals surface area contributed by atoms with Crippen molar-refractivity contribution in [2.24, 2.45) is 0 Å². The lowest BCUT2D eigenvalue weighted by Gasteiger charge is -2.31. The van der Waals surface area contributed by atoms with E-state index < -0.39 is 0 Å². The third kappa shape index (κ3) is 5.80. The first-order valence-electron chi connectivity index (χ1n) is 12.7. The minimum absolute atomic E-state index is 0.0290. The Kier molecular flexibility index (Phi) is 7.29. The molecule has 7 nitrogen and oxygen atoms in total. The maximum atomic E-state index is 12.7. The number of fused-ring (bicyclic) bond motifs is 1. The number of anilines is 3. The third-order valence-corrected chi connectivity index (χ3v) is 6.96. The van der Waals surface area contributed by atoms with Crippen molar-refractivity contribution in [1.29, 1.82) is 0 Å². The predicted octanol–water partition coefficient (Wildman–Crippen LogP) is 5.26. The van der Waals surface area contributed by atoms with Crippen LogP contribution in [0.1, 0.15) is 76.1 Å². The van der Waals surface area contributed by atoms with Crippen molar-refractivity contribution in [2.75, 3.05) is 29.6 Å². The number of para-hydroxylation sites is 1. The van der Waals surface area contributed by atoms with E-state index in [0.717, 1.165) is 61.5 Å². The average Bonchev–Trinajstić information content (AvgIpc) is 2.79. The first-order valence-corrected chi connectivity index (χ1v) is 12.7. The molecule has 0 bridgehead atoms. The number of hydrogen-bond acceptors (Lipinski definition) is 5. The van der Waals surface area contributed by atoms with Gasteiger partial charge in [0.2, 0.25) is 5.95 Å². The molecule has 2 aliphatic rings. The van der Waals surface area contributed by atoms with Crippen LogP contribution in [0.3, 0.4) is 0 Å². The molecule has 0 spiro atoms. The molecule has 1 aromatic carbocycles. The van der Waals surface area contributed by atoms with Crippen LogP contribution in [-0.4, -0.2) is 42.2 Å². The number of aromatic nitrogens is 2. The first-order chi connectivity index (χ1) is 16.2. The lowest BCUT2D eigenvalue weighted by Crippen LogP contribution is -2.42. The molecule has 1 heterocycles. The Hall–Kier alpha value is -2.83. The molecule has 1 aromatic heterocycles. The summed E-state index contributed by atoms with van der Waals surface area (Å²) in [6.45, 7) is 6.48. The zero-order valence-corrected chi connectivity index (χ0v) is 21.4. The fraction of sp³-hybridized carbons (Fsp3) is 0.593. The molecule has 0 aliphatic heterocycles. The Bertz CT molecular complexity index is 1000. The van der Waals surface area contributed by atoms with E-state index in [2.05, 4.69) is 61.8 Å². The maximum absolute atomic E-state index is 12.7. The Morgan fingerprint density at radius 2 is 1.65 bits per heavy atom. The normalized spacial score (nSPS) is 20.3. The summed E-state index contributed by atoms with van der Waals surface area (Å²) in [5.74, 6) is 1.80. The summed E-state index contributed by atoms with van der Waals surface area (Å²) in [4.78, 5) is 24.5. The van der Waals surface area contributed by atoms with Crippen molar-refractivity contribution in [1.82, 2.24) is 15.3 Å². The number of nitrogens with zero attached hydrogens (tertiary/aromatic N) is 3. The number of aryl methyl sites for hydroxylation is 1. The smallest absolute Gasteiger partial charge is 0.319 e. The molecule has 184 valence electrons. The Morgan fingerprint density at radius 3 is 2.35 bits per heavy atom. The molecular formula is C27H40N6O. The maximum Gasteiger partial charge on any atom is 0.319 e. The zero-order valence-electron chi connectivity index (χ0n) is 21.4. The van der Waals surface area contributed by atoms with E-state index in [0.29, 0.717) is 6.04 Å². The highest BCUT2D eigenvalue weighted by atomic mass is 16.2. The Labute approximate surface area is 204 Å². The van der Waals surface area contributed by atoms with Crippen LogP contribution in [0.15, 0.2) is 24.3 Å². The average molecular weight is 465 g/mol. The minimum atomic E-state index is -0.123. The molecule has 2 aromatic rings. The van der Waals surface area contributed by atoms with Crippen LogP contribution in [0.25, 0.3) is 0 Å². The van der Waals surface area contributed by atoms with Gasteiger partial charge in [0.05, 0.1) is 5.69 Å². The van der Waals surface area contributed by atoms with Gasteiger partial charge in [0.25, 0.3) is 0 Å². The number of benzene rings is 1. The molecule has 1 saturated carbocycles. The van der Waals surface area contributed by atoms with Gasteiger partial charge in [-0.15, -0.1) is 0 Å². The molecule has 0 unspecified atom stereocenters. The number of amides is 2. The SMILES string of the molecule is CN(C)c1nc(N[C@H]2CC[C@@H](NC(=O)Nc3ccccc3C(C)(C)C)CC2)nc2c1CCCC2. The molecule has 34 heavy (non-hydrogen) atoms. The number of nitrogens with one attached hydrogen (secondary N) is 3. The molecule has 7 heteroatoms. The molecule has 0 atom stereocenters. The summed E-state index contributed by atoms with van der Waals surface area (Å²) in [5.41, 5.74) is 4.51. The summed E-state index contributed by atoms with van der Waals surface area (Å²) in [6.07, 6.45) is 8.39. The minimum Gasteiger partial charge on any atom is -0.362 e. The van der Waals surface area contributed by atoms with Crippen LogP contribution < -0.4 is 20.9 Å². The summed E-state index contributed by atoms with van der Waals surface area (Å²) >= 11 is 0. The van der Waals surface area contributed by atoms with Gasteiger partial charge in [0.1, 0.15) is 5.82 Å². The van der Waals surface area contributed by atoms with E-state index in [1.54, 1.807) is 0 Å². The van der Waals surface area contributed by atoms with E-state index >= 15 is 0 Å². The molecule has 0 saturated heterocycles. The molecular weight excluding hydrogens is 424 g/mol. The molecule has 3 N–H and O–H groups in total.